The fourth-order valence-electron chi connectivity index (χ4n) is 3.70. The number of ether oxygens (including phenoxy) is 1. The zero-order valence-electron chi connectivity index (χ0n) is 16.8. The first-order valence-corrected chi connectivity index (χ1v) is 12.8. The molecule has 0 radical (unpaired) electrons. The second kappa shape index (κ2) is 11.0. The van der Waals surface area contributed by atoms with E-state index in [1.54, 1.807) is 0 Å². The second-order valence-corrected chi connectivity index (χ2v) is 12.9. The van der Waals surface area contributed by atoms with Gasteiger partial charge in [0, 0.05) is 4.90 Å². The van der Waals surface area contributed by atoms with Crippen LogP contribution < -0.4 is 0 Å². The number of hydrogen-bond acceptors (Lipinski definition) is 6. The first kappa shape index (κ1) is 26.4. The van der Waals surface area contributed by atoms with Crippen LogP contribution in [0.1, 0.15) is 55.2 Å². The van der Waals surface area contributed by atoms with Crippen molar-refractivity contribution in [1.82, 2.24) is 15.0 Å². The number of hydrogen-bond donors (Lipinski definition) is 0. The van der Waals surface area contributed by atoms with Gasteiger partial charge in [-0.05, 0) is 48.2 Å². The van der Waals surface area contributed by atoms with E-state index in [4.69, 9.17) is 74.3 Å². The summed E-state index contributed by atoms with van der Waals surface area (Å²) < 4.78 is 1.26. The van der Waals surface area contributed by atoms with Crippen molar-refractivity contribution in [3.63, 3.8) is 0 Å². The Labute approximate surface area is 220 Å². The lowest BCUT2D eigenvalue weighted by atomic mass is 9.77. The van der Waals surface area contributed by atoms with Gasteiger partial charge in [-0.2, -0.15) is 0 Å². The smallest absolute Gasteiger partial charge is 0.313 e. The van der Waals surface area contributed by atoms with Crippen molar-refractivity contribution in [2.45, 2.75) is 55.7 Å². The lowest BCUT2D eigenvalue weighted by Gasteiger charge is -2.28. The molecule has 3 rings (SSSR count). The Bertz CT molecular complexity index is 912. The van der Waals surface area contributed by atoms with Gasteiger partial charge in [0.05, 0.1) is 13.0 Å². The lowest BCUT2D eigenvalue weighted by molar-refractivity contribution is -0.144. The predicted molar refractivity (Wildman–Crippen MR) is 130 cm³/mol. The number of aromatic nitrogens is 3. The third-order valence-electron chi connectivity index (χ3n) is 5.15. The summed E-state index contributed by atoms with van der Waals surface area (Å²) in [6, 6.07) is 7.55. The largest absolute Gasteiger partial charge is 0.469 e. The van der Waals surface area contributed by atoms with E-state index in [0.29, 0.717) is 0 Å². The molecule has 1 saturated carbocycles. The number of carbonyl (C=O) groups excluding carboxylic acids is 1. The minimum Gasteiger partial charge on any atom is -0.469 e. The molecule has 32 heavy (non-hydrogen) atoms. The third kappa shape index (κ3) is 6.91. The molecule has 1 heterocycles. The molecule has 1 aromatic heterocycles. The van der Waals surface area contributed by atoms with Crippen molar-refractivity contribution in [2.75, 3.05) is 7.11 Å². The van der Waals surface area contributed by atoms with Crippen molar-refractivity contribution >= 4 is 87.3 Å². The summed E-state index contributed by atoms with van der Waals surface area (Å²) >= 11 is 36.7. The van der Waals surface area contributed by atoms with Crippen LogP contribution in [0.4, 0.5) is 0 Å². The maximum Gasteiger partial charge on any atom is 0.313 e. The maximum atomic E-state index is 12.5. The van der Waals surface area contributed by atoms with Crippen LogP contribution in [0.25, 0.3) is 0 Å². The Morgan fingerprint density at radius 3 is 1.94 bits per heavy atom. The Morgan fingerprint density at radius 1 is 0.938 bits per heavy atom. The highest BCUT2D eigenvalue weighted by molar-refractivity contribution is 7.99. The van der Waals surface area contributed by atoms with Crippen molar-refractivity contribution in [3.8, 4) is 0 Å². The number of esters is 1. The number of nitrogens with zero attached hydrogens (tertiary/aromatic N) is 3. The molecular weight excluding hydrogens is 559 g/mol. The average molecular weight is 578 g/mol. The molecule has 2 aromatic rings. The van der Waals surface area contributed by atoms with Crippen molar-refractivity contribution in [2.24, 2.45) is 5.92 Å². The zero-order valence-corrected chi connectivity index (χ0v) is 22.2. The van der Waals surface area contributed by atoms with Gasteiger partial charge in [0.25, 0.3) is 0 Å². The molecule has 1 aliphatic rings. The van der Waals surface area contributed by atoms with Crippen LogP contribution in [-0.2, 0) is 17.1 Å². The second-order valence-electron chi connectivity index (χ2n) is 7.33. The van der Waals surface area contributed by atoms with Crippen LogP contribution in [0.3, 0.4) is 0 Å². The first-order chi connectivity index (χ1) is 15.0. The van der Waals surface area contributed by atoms with Gasteiger partial charge in [-0.25, -0.2) is 15.0 Å². The van der Waals surface area contributed by atoms with Crippen LogP contribution in [-0.4, -0.2) is 28.0 Å². The van der Waals surface area contributed by atoms with Crippen LogP contribution in [0.5, 0.6) is 0 Å². The number of alkyl halides is 6. The minimum atomic E-state index is -1.92. The topological polar surface area (TPSA) is 65.0 Å². The van der Waals surface area contributed by atoms with Crippen molar-refractivity contribution in [3.05, 3.63) is 41.5 Å². The van der Waals surface area contributed by atoms with Gasteiger partial charge in [-0.15, -0.1) is 0 Å². The van der Waals surface area contributed by atoms with Crippen LogP contribution in [0.15, 0.2) is 34.3 Å². The highest BCUT2D eigenvalue weighted by Crippen LogP contribution is 2.42. The van der Waals surface area contributed by atoms with Crippen LogP contribution in [0, 0.1) is 5.92 Å². The van der Waals surface area contributed by atoms with Crippen LogP contribution in [0.2, 0.25) is 0 Å². The first-order valence-electron chi connectivity index (χ1n) is 9.75. The number of methoxy groups -OCH3 is 1. The Balaban J connectivity index is 1.87. The summed E-state index contributed by atoms with van der Waals surface area (Å²) in [6.45, 7) is 0. The molecule has 1 fully saturated rings. The SMILES string of the molecule is COC(=O)C(c1ccc(Sc2nc(C(Cl)(Cl)Cl)nc(C(Cl)(Cl)Cl)n2)cc1)C1CCCCC1. The summed E-state index contributed by atoms with van der Waals surface area (Å²) in [6.07, 6.45) is 5.49. The van der Waals surface area contributed by atoms with Crippen LogP contribution >= 0.6 is 81.4 Å². The zero-order chi connectivity index (χ0) is 23.5. The van der Waals surface area contributed by atoms with Gasteiger partial charge in [-0.1, -0.05) is 101 Å². The van der Waals surface area contributed by atoms with E-state index in [-0.39, 0.29) is 34.6 Å². The molecule has 0 amide bonds. The normalized spacial score (nSPS) is 16.6. The number of carbonyl (C=O) groups is 1. The fraction of sp³-hybridized carbons (Fsp3) is 0.500. The quantitative estimate of drug-likeness (QED) is 0.270. The van der Waals surface area contributed by atoms with E-state index < -0.39 is 7.59 Å². The standard InChI is InChI=1S/C20H19Cl6N3O2S/c1-31-15(30)14(11-5-3-2-4-6-11)12-7-9-13(10-8-12)32-18-28-16(19(21,22)23)27-17(29-18)20(24,25)26/h7-11,14H,2-6H2,1H3. The molecule has 1 atom stereocenters. The number of benzene rings is 1. The van der Waals surface area contributed by atoms with E-state index in [1.165, 1.54) is 25.3 Å². The molecule has 1 unspecified atom stereocenters. The molecule has 12 heteroatoms. The summed E-state index contributed by atoms with van der Waals surface area (Å²) in [5, 5.41) is 0.201. The molecule has 1 aromatic carbocycles. The molecule has 0 spiro atoms. The summed E-state index contributed by atoms with van der Waals surface area (Å²) in [4.78, 5) is 25.6. The minimum absolute atomic E-state index is 0.152. The van der Waals surface area contributed by atoms with E-state index in [1.807, 2.05) is 24.3 Å². The third-order valence-corrected chi connectivity index (χ3v) is 7.03. The molecule has 0 aliphatic heterocycles. The molecule has 0 N–H and O–H groups in total. The van der Waals surface area contributed by atoms with E-state index >= 15 is 0 Å². The summed E-state index contributed by atoms with van der Waals surface area (Å²) in [5.41, 5.74) is 0.910. The highest BCUT2D eigenvalue weighted by atomic mass is 35.6. The molecule has 1 aliphatic carbocycles. The number of halogens is 6. The predicted octanol–water partition coefficient (Wildman–Crippen LogP) is 7.51. The van der Waals surface area contributed by atoms with Crippen molar-refractivity contribution in [1.29, 1.82) is 0 Å². The van der Waals surface area contributed by atoms with Gasteiger partial charge < -0.3 is 4.74 Å². The monoisotopic (exact) mass is 575 g/mol. The van der Waals surface area contributed by atoms with Gasteiger partial charge in [0.2, 0.25) is 7.59 Å². The van der Waals surface area contributed by atoms with Gasteiger partial charge in [0.15, 0.2) is 16.8 Å². The van der Waals surface area contributed by atoms with Gasteiger partial charge in [-0.3, -0.25) is 4.79 Å². The van der Waals surface area contributed by atoms with Crippen molar-refractivity contribution < 1.29 is 9.53 Å². The van der Waals surface area contributed by atoms with E-state index in [0.717, 1.165) is 36.1 Å². The summed E-state index contributed by atoms with van der Waals surface area (Å²) in [5.74, 6) is -0.531. The maximum absolute atomic E-state index is 12.5. The molecular formula is C20H19Cl6N3O2S. The molecule has 0 bridgehead atoms. The molecule has 0 saturated heterocycles. The average Bonchev–Trinajstić information content (AvgIpc) is 2.74. The van der Waals surface area contributed by atoms with Gasteiger partial charge >= 0.3 is 5.97 Å². The Kier molecular flexibility index (Phi) is 9.09. The Morgan fingerprint density at radius 2 is 1.47 bits per heavy atom. The number of rotatable bonds is 5. The Hall–Kier alpha value is -0.210. The van der Waals surface area contributed by atoms with Gasteiger partial charge in [0.1, 0.15) is 0 Å². The van der Waals surface area contributed by atoms with E-state index in [2.05, 4.69) is 15.0 Å². The summed E-state index contributed by atoms with van der Waals surface area (Å²) in [7, 11) is 1.42. The highest BCUT2D eigenvalue weighted by Gasteiger charge is 2.34. The lowest BCUT2D eigenvalue weighted by Crippen LogP contribution is -2.25. The fourth-order valence-corrected chi connectivity index (χ4v) is 4.95. The molecule has 5 nitrogen and oxygen atoms in total. The molecule has 174 valence electrons. The van der Waals surface area contributed by atoms with E-state index in [9.17, 15) is 4.79 Å².